The summed E-state index contributed by atoms with van der Waals surface area (Å²) in [5.74, 6) is 0.00578. The maximum absolute atomic E-state index is 12.1. The minimum absolute atomic E-state index is 0.105. The van der Waals surface area contributed by atoms with Crippen LogP contribution in [0.25, 0.3) is 10.8 Å². The summed E-state index contributed by atoms with van der Waals surface area (Å²) < 4.78 is 11.6. The van der Waals surface area contributed by atoms with Gasteiger partial charge in [-0.3, -0.25) is 4.79 Å². The topological polar surface area (TPSA) is 94.3 Å². The number of esters is 1. The Kier molecular flexibility index (Phi) is 5.79. The predicted octanol–water partition coefficient (Wildman–Crippen LogP) is 3.55. The molecule has 2 aromatic heterocycles. The van der Waals surface area contributed by atoms with Gasteiger partial charge in [0.2, 0.25) is 5.91 Å². The number of nitrogens with one attached hydrogen (secondary N) is 1. The van der Waals surface area contributed by atoms with Crippen LogP contribution in [0.2, 0.25) is 0 Å². The van der Waals surface area contributed by atoms with E-state index < -0.39 is 5.97 Å². The highest BCUT2D eigenvalue weighted by Gasteiger charge is 2.13. The summed E-state index contributed by atoms with van der Waals surface area (Å²) in [6.07, 6.45) is 0. The first kappa shape index (κ1) is 18.3. The van der Waals surface area contributed by atoms with E-state index in [1.807, 2.05) is 12.1 Å². The number of thiophene rings is 1. The van der Waals surface area contributed by atoms with Gasteiger partial charge in [0.1, 0.15) is 0 Å². The van der Waals surface area contributed by atoms with Crippen LogP contribution in [0.15, 0.2) is 44.6 Å². The zero-order chi connectivity index (χ0) is 18.5. The molecule has 0 saturated carbocycles. The van der Waals surface area contributed by atoms with Crippen LogP contribution in [-0.2, 0) is 22.7 Å². The van der Waals surface area contributed by atoms with Crippen molar-refractivity contribution in [1.29, 1.82) is 0 Å². The number of aromatic nitrogens is 2. The second-order valence-corrected chi connectivity index (χ2v) is 7.75. The fourth-order valence-electron chi connectivity index (χ4n) is 2.04. The SMILES string of the molecule is CC(=O)NCc1ccc(C(=O)OCc2nnc(-c3ccc(Br)s3)o2)cc1. The maximum Gasteiger partial charge on any atom is 0.338 e. The van der Waals surface area contributed by atoms with E-state index in [1.54, 1.807) is 24.3 Å². The molecule has 3 aromatic rings. The molecule has 2 heterocycles. The van der Waals surface area contributed by atoms with Gasteiger partial charge in [-0.05, 0) is 45.8 Å². The molecule has 1 amide bonds. The molecule has 0 fully saturated rings. The molecule has 3 rings (SSSR count). The highest BCUT2D eigenvalue weighted by atomic mass is 79.9. The van der Waals surface area contributed by atoms with Crippen molar-refractivity contribution in [3.05, 3.63) is 57.2 Å². The number of halogens is 1. The first-order valence-electron chi connectivity index (χ1n) is 7.60. The van der Waals surface area contributed by atoms with E-state index >= 15 is 0 Å². The Labute approximate surface area is 161 Å². The molecule has 0 aliphatic heterocycles. The van der Waals surface area contributed by atoms with Crippen molar-refractivity contribution in [2.75, 3.05) is 0 Å². The molecule has 9 heteroatoms. The monoisotopic (exact) mass is 435 g/mol. The molecule has 0 radical (unpaired) electrons. The van der Waals surface area contributed by atoms with Gasteiger partial charge in [0.15, 0.2) is 6.61 Å². The van der Waals surface area contributed by atoms with Crippen molar-refractivity contribution in [2.45, 2.75) is 20.1 Å². The molecule has 0 spiro atoms. The number of rotatable bonds is 6. The van der Waals surface area contributed by atoms with Gasteiger partial charge in [0, 0.05) is 13.5 Å². The molecule has 0 atom stereocenters. The summed E-state index contributed by atoms with van der Waals surface area (Å²) in [6.45, 7) is 1.76. The Morgan fingerprint density at radius 1 is 1.19 bits per heavy atom. The summed E-state index contributed by atoms with van der Waals surface area (Å²) in [7, 11) is 0. The van der Waals surface area contributed by atoms with Crippen molar-refractivity contribution < 1.29 is 18.7 Å². The minimum atomic E-state index is -0.491. The largest absolute Gasteiger partial charge is 0.452 e. The fourth-order valence-corrected chi connectivity index (χ4v) is 3.34. The minimum Gasteiger partial charge on any atom is -0.452 e. The molecule has 0 bridgehead atoms. The van der Waals surface area contributed by atoms with Gasteiger partial charge in [-0.1, -0.05) is 12.1 Å². The fraction of sp³-hybridized carbons (Fsp3) is 0.176. The van der Waals surface area contributed by atoms with Crippen LogP contribution in [0.3, 0.4) is 0 Å². The van der Waals surface area contributed by atoms with Gasteiger partial charge in [-0.25, -0.2) is 4.79 Å². The third-order valence-corrected chi connectivity index (χ3v) is 4.92. The van der Waals surface area contributed by atoms with Gasteiger partial charge in [0.25, 0.3) is 11.8 Å². The first-order chi connectivity index (χ1) is 12.5. The number of benzene rings is 1. The molecule has 26 heavy (non-hydrogen) atoms. The maximum atomic E-state index is 12.1. The van der Waals surface area contributed by atoms with Crippen LogP contribution in [0.5, 0.6) is 0 Å². The molecule has 1 N–H and O–H groups in total. The summed E-state index contributed by atoms with van der Waals surface area (Å²) in [6, 6.07) is 10.5. The lowest BCUT2D eigenvalue weighted by molar-refractivity contribution is -0.119. The zero-order valence-electron chi connectivity index (χ0n) is 13.7. The van der Waals surface area contributed by atoms with Crippen LogP contribution in [0.4, 0.5) is 0 Å². The number of carbonyl (C=O) groups excluding carboxylic acids is 2. The number of amides is 1. The summed E-state index contributed by atoms with van der Waals surface area (Å²) in [4.78, 5) is 23.8. The van der Waals surface area contributed by atoms with E-state index in [4.69, 9.17) is 9.15 Å². The van der Waals surface area contributed by atoms with Gasteiger partial charge >= 0.3 is 5.97 Å². The van der Waals surface area contributed by atoms with Gasteiger partial charge in [-0.2, -0.15) is 0 Å². The Morgan fingerprint density at radius 2 is 1.96 bits per heavy atom. The smallest absolute Gasteiger partial charge is 0.338 e. The van der Waals surface area contributed by atoms with Crippen LogP contribution in [0.1, 0.15) is 28.7 Å². The quantitative estimate of drug-likeness (QED) is 0.594. The van der Waals surface area contributed by atoms with E-state index in [0.717, 1.165) is 14.2 Å². The molecular formula is C17H14BrN3O4S. The Morgan fingerprint density at radius 3 is 2.62 bits per heavy atom. The molecule has 0 unspecified atom stereocenters. The van der Waals surface area contributed by atoms with E-state index in [2.05, 4.69) is 31.4 Å². The molecule has 134 valence electrons. The molecule has 0 saturated heterocycles. The normalized spacial score (nSPS) is 10.5. The van der Waals surface area contributed by atoms with Crippen molar-refractivity contribution in [1.82, 2.24) is 15.5 Å². The second kappa shape index (κ2) is 8.24. The lowest BCUT2D eigenvalue weighted by Crippen LogP contribution is -2.18. The number of hydrogen-bond acceptors (Lipinski definition) is 7. The molecule has 0 aliphatic rings. The van der Waals surface area contributed by atoms with E-state index in [9.17, 15) is 9.59 Å². The highest BCUT2D eigenvalue weighted by molar-refractivity contribution is 9.11. The van der Waals surface area contributed by atoms with Crippen LogP contribution >= 0.6 is 27.3 Å². The second-order valence-electron chi connectivity index (χ2n) is 5.29. The standard InChI is InChI=1S/C17H14BrN3O4S/c1-10(22)19-8-11-2-4-12(5-3-11)17(23)24-9-15-20-21-16(25-15)13-6-7-14(18)26-13/h2-7H,8-9H2,1H3,(H,19,22). The zero-order valence-corrected chi connectivity index (χ0v) is 16.1. The third-order valence-electron chi connectivity index (χ3n) is 3.31. The van der Waals surface area contributed by atoms with E-state index in [-0.39, 0.29) is 18.4 Å². The number of hydrogen-bond donors (Lipinski definition) is 1. The summed E-state index contributed by atoms with van der Waals surface area (Å²) >= 11 is 4.84. The summed E-state index contributed by atoms with van der Waals surface area (Å²) in [5, 5.41) is 10.5. The lowest BCUT2D eigenvalue weighted by atomic mass is 10.1. The third kappa shape index (κ3) is 4.77. The van der Waals surface area contributed by atoms with Crippen LogP contribution in [0, 0.1) is 0 Å². The van der Waals surface area contributed by atoms with E-state index in [0.29, 0.717) is 18.0 Å². The van der Waals surface area contributed by atoms with Crippen molar-refractivity contribution >= 4 is 39.1 Å². The first-order valence-corrected chi connectivity index (χ1v) is 9.21. The van der Waals surface area contributed by atoms with Crippen molar-refractivity contribution in [3.63, 3.8) is 0 Å². The van der Waals surface area contributed by atoms with Crippen molar-refractivity contribution in [3.8, 4) is 10.8 Å². The Balaban J connectivity index is 1.55. The van der Waals surface area contributed by atoms with Crippen molar-refractivity contribution in [2.24, 2.45) is 0 Å². The average Bonchev–Trinajstić information content (AvgIpc) is 3.27. The van der Waals surface area contributed by atoms with Crippen LogP contribution < -0.4 is 5.32 Å². The number of nitrogens with zero attached hydrogens (tertiary/aromatic N) is 2. The van der Waals surface area contributed by atoms with Gasteiger partial charge in [-0.15, -0.1) is 21.5 Å². The predicted molar refractivity (Wildman–Crippen MR) is 98.4 cm³/mol. The average molecular weight is 436 g/mol. The van der Waals surface area contributed by atoms with E-state index in [1.165, 1.54) is 18.3 Å². The molecular weight excluding hydrogens is 422 g/mol. The van der Waals surface area contributed by atoms with Crippen LogP contribution in [-0.4, -0.2) is 22.1 Å². The number of carbonyl (C=O) groups is 2. The van der Waals surface area contributed by atoms with Gasteiger partial charge < -0.3 is 14.5 Å². The molecule has 7 nitrogen and oxygen atoms in total. The Bertz CT molecular complexity index is 920. The summed E-state index contributed by atoms with van der Waals surface area (Å²) in [5.41, 5.74) is 1.29. The molecule has 1 aromatic carbocycles. The lowest BCUT2D eigenvalue weighted by Gasteiger charge is -2.05. The number of ether oxygens (including phenoxy) is 1. The van der Waals surface area contributed by atoms with Gasteiger partial charge in [0.05, 0.1) is 14.2 Å². The highest BCUT2D eigenvalue weighted by Crippen LogP contribution is 2.30. The molecule has 0 aliphatic carbocycles. The Hall–Kier alpha value is -2.52.